The fourth-order valence-corrected chi connectivity index (χ4v) is 11.6. The summed E-state index contributed by atoms with van der Waals surface area (Å²) in [6.07, 6.45) is 0. The van der Waals surface area contributed by atoms with Gasteiger partial charge in [0.15, 0.2) is 0 Å². The molecule has 0 radical (unpaired) electrons. The lowest BCUT2D eigenvalue weighted by Gasteiger charge is -2.28. The molecular weight excluding hydrogens is 877 g/mol. The molecule has 0 aliphatic rings. The van der Waals surface area contributed by atoms with E-state index in [0.29, 0.717) is 0 Å². The van der Waals surface area contributed by atoms with Crippen molar-refractivity contribution in [3.63, 3.8) is 0 Å². The Hall–Kier alpha value is -7.30. The number of rotatable bonds is 8. The molecule has 2 heterocycles. The maximum Gasteiger partial charge on any atom is 0.142 e. The number of furan rings is 2. The first-order valence-electron chi connectivity index (χ1n) is 25.9. The van der Waals surface area contributed by atoms with Gasteiger partial charge in [-0.05, 0) is 286 Å². The third-order valence-corrected chi connectivity index (χ3v) is 16.6. The van der Waals surface area contributed by atoms with Crippen molar-refractivity contribution in [2.24, 2.45) is 0 Å². The molecule has 9 aromatic carbocycles. The summed E-state index contributed by atoms with van der Waals surface area (Å²) in [5, 5.41) is 9.33. The van der Waals surface area contributed by atoms with Gasteiger partial charge in [-0.25, -0.2) is 0 Å². The minimum absolute atomic E-state index is 0.146. The van der Waals surface area contributed by atoms with Crippen molar-refractivity contribution in [1.82, 2.24) is 0 Å². The summed E-state index contributed by atoms with van der Waals surface area (Å²) >= 11 is 0. The Labute approximate surface area is 425 Å². The van der Waals surface area contributed by atoms with Crippen molar-refractivity contribution in [3.05, 3.63) is 187 Å². The largest absolute Gasteiger partial charge is 0.456 e. The molecule has 0 atom stereocenters. The number of nitrogens with zero attached hydrogens (tertiary/aromatic N) is 2. The molecule has 0 fully saturated rings. The molecule has 0 aliphatic heterocycles. The number of anilines is 6. The second kappa shape index (κ2) is 17.2. The molecular formula is C68H68N2O2. The van der Waals surface area contributed by atoms with Gasteiger partial charge in [0.25, 0.3) is 0 Å². The third-order valence-electron chi connectivity index (χ3n) is 16.6. The average Bonchev–Trinajstić information content (AvgIpc) is 3.87. The van der Waals surface area contributed by atoms with Gasteiger partial charge in [0.05, 0.1) is 0 Å². The van der Waals surface area contributed by atoms with Gasteiger partial charge in [0.1, 0.15) is 22.3 Å². The number of benzene rings is 9. The molecule has 0 aliphatic carbocycles. The summed E-state index contributed by atoms with van der Waals surface area (Å²) in [6, 6.07) is 41.7. The summed E-state index contributed by atoms with van der Waals surface area (Å²) < 4.78 is 14.4. The van der Waals surface area contributed by atoms with Crippen molar-refractivity contribution in [2.45, 2.75) is 123 Å². The lowest BCUT2D eigenvalue weighted by molar-refractivity contribution is 0.637. The van der Waals surface area contributed by atoms with E-state index in [1.807, 2.05) is 0 Å². The van der Waals surface area contributed by atoms with Gasteiger partial charge < -0.3 is 18.6 Å². The maximum atomic E-state index is 7.18. The third kappa shape index (κ3) is 7.47. The van der Waals surface area contributed by atoms with Gasteiger partial charge in [-0.15, -0.1) is 0 Å². The summed E-state index contributed by atoms with van der Waals surface area (Å²) in [5.41, 5.74) is 28.6. The molecule has 0 saturated carbocycles. The van der Waals surface area contributed by atoms with Crippen LogP contribution in [0.3, 0.4) is 0 Å². The monoisotopic (exact) mass is 945 g/mol. The molecule has 11 rings (SSSR count). The first kappa shape index (κ1) is 47.0. The van der Waals surface area contributed by atoms with Gasteiger partial charge in [-0.1, -0.05) is 39.8 Å². The van der Waals surface area contributed by atoms with Crippen molar-refractivity contribution in [3.8, 4) is 0 Å². The minimum Gasteiger partial charge on any atom is -0.456 e. The fourth-order valence-electron chi connectivity index (χ4n) is 11.6. The predicted molar refractivity (Wildman–Crippen MR) is 310 cm³/mol. The second-order valence-corrected chi connectivity index (χ2v) is 22.0. The SMILES string of the molecule is Cc1cc(N(c2cc(C)c(C)c(C)c2)c2ccc3cc4c(cc3c2)oc2c(C(C)C)c3oc5cc6cc(N(c7cc(C)c(C)c(C)c7)c7cc(C)c(C)c(C)c7)ccc6cc5c3c(C(C)C)c24)cc(C)c1C. The average molecular weight is 945 g/mol. The normalized spacial score (nSPS) is 12.1. The van der Waals surface area contributed by atoms with Gasteiger partial charge in [-0.2, -0.15) is 0 Å². The van der Waals surface area contributed by atoms with Crippen LogP contribution in [0.25, 0.3) is 65.4 Å². The topological polar surface area (TPSA) is 32.8 Å². The molecule has 4 heteroatoms. The summed E-state index contributed by atoms with van der Waals surface area (Å²) in [5.74, 6) is 0.342. The number of hydrogen-bond acceptors (Lipinski definition) is 4. The first-order valence-corrected chi connectivity index (χ1v) is 25.9. The van der Waals surface area contributed by atoms with E-state index in [-0.39, 0.29) is 11.8 Å². The second-order valence-electron chi connectivity index (χ2n) is 22.0. The molecule has 362 valence electrons. The van der Waals surface area contributed by atoms with Crippen LogP contribution < -0.4 is 9.80 Å². The van der Waals surface area contributed by atoms with E-state index in [0.717, 1.165) is 83.6 Å². The van der Waals surface area contributed by atoms with Crippen LogP contribution in [-0.4, -0.2) is 0 Å². The van der Waals surface area contributed by atoms with E-state index in [2.05, 4.69) is 230 Å². The van der Waals surface area contributed by atoms with Crippen LogP contribution in [0.4, 0.5) is 34.1 Å². The van der Waals surface area contributed by atoms with E-state index < -0.39 is 0 Å². The first-order chi connectivity index (χ1) is 34.3. The van der Waals surface area contributed by atoms with Crippen LogP contribution >= 0.6 is 0 Å². The smallest absolute Gasteiger partial charge is 0.142 e. The molecule has 0 spiro atoms. The van der Waals surface area contributed by atoms with E-state index in [4.69, 9.17) is 8.83 Å². The summed E-state index contributed by atoms with van der Waals surface area (Å²) in [4.78, 5) is 4.85. The van der Waals surface area contributed by atoms with Crippen molar-refractivity contribution in [1.29, 1.82) is 0 Å². The molecule has 72 heavy (non-hydrogen) atoms. The van der Waals surface area contributed by atoms with Gasteiger partial charge in [0.2, 0.25) is 0 Å². The van der Waals surface area contributed by atoms with Crippen molar-refractivity contribution >= 4 is 99.5 Å². The van der Waals surface area contributed by atoms with E-state index in [1.165, 1.54) is 93.9 Å². The zero-order valence-corrected chi connectivity index (χ0v) is 45.3. The molecule has 0 bridgehead atoms. The highest BCUT2D eigenvalue weighted by Crippen LogP contribution is 2.50. The Morgan fingerprint density at radius 2 is 0.597 bits per heavy atom. The maximum absolute atomic E-state index is 7.18. The number of fused-ring (bicyclic) bond motifs is 8. The molecule has 11 aromatic rings. The van der Waals surface area contributed by atoms with Crippen LogP contribution in [-0.2, 0) is 0 Å². The Bertz CT molecular complexity index is 3620. The molecule has 0 saturated heterocycles. The van der Waals surface area contributed by atoms with Crippen molar-refractivity contribution in [2.75, 3.05) is 9.80 Å². The lowest BCUT2D eigenvalue weighted by Crippen LogP contribution is -2.12. The van der Waals surface area contributed by atoms with E-state index >= 15 is 0 Å². The zero-order valence-electron chi connectivity index (χ0n) is 45.3. The number of hydrogen-bond donors (Lipinski definition) is 0. The van der Waals surface area contributed by atoms with Crippen LogP contribution in [0.5, 0.6) is 0 Å². The Balaban J connectivity index is 1.10. The summed E-state index contributed by atoms with van der Waals surface area (Å²) in [7, 11) is 0. The van der Waals surface area contributed by atoms with Gasteiger partial charge in [0, 0.05) is 61.2 Å². The van der Waals surface area contributed by atoms with Crippen LogP contribution in [0, 0.1) is 83.1 Å². The quantitative estimate of drug-likeness (QED) is 0.152. The Morgan fingerprint density at radius 3 is 0.875 bits per heavy atom. The Kier molecular flexibility index (Phi) is 11.2. The molecule has 0 amide bonds. The fraction of sp³-hybridized carbons (Fsp3) is 0.265. The lowest BCUT2D eigenvalue weighted by atomic mass is 9.87. The number of aryl methyl sites for hydroxylation is 8. The highest BCUT2D eigenvalue weighted by atomic mass is 16.3. The molecule has 2 aromatic heterocycles. The highest BCUT2D eigenvalue weighted by Gasteiger charge is 2.28. The van der Waals surface area contributed by atoms with Crippen LogP contribution in [0.1, 0.15) is 117 Å². The highest BCUT2D eigenvalue weighted by molar-refractivity contribution is 6.23. The molecule has 4 nitrogen and oxygen atoms in total. The molecule has 0 N–H and O–H groups in total. The predicted octanol–water partition coefficient (Wildman–Crippen LogP) is 20.7. The molecule has 0 unspecified atom stereocenters. The van der Waals surface area contributed by atoms with Gasteiger partial charge in [-0.3, -0.25) is 0 Å². The Morgan fingerprint density at radius 1 is 0.306 bits per heavy atom. The van der Waals surface area contributed by atoms with Crippen LogP contribution in [0.15, 0.2) is 118 Å². The standard InChI is InChI=1S/C68H68N2O2/c1-35(2)63-65-59-31-49-17-19-53(69(55-21-37(5)45(13)38(6)22-55)56-23-39(7)46(14)40(8)24-56)29-51(49)33-61(59)71-67(65)64(36(3)4)68-66(63)60-32-50-18-20-54(30-52(50)34-62(60)72-68)70(57-25-41(9)47(15)42(10)26-57)58-27-43(11)48(16)44(12)28-58/h17-36H,1-16H3. The van der Waals surface area contributed by atoms with Crippen LogP contribution in [0.2, 0.25) is 0 Å². The minimum atomic E-state index is 0.146. The van der Waals surface area contributed by atoms with Gasteiger partial charge >= 0.3 is 0 Å². The van der Waals surface area contributed by atoms with E-state index in [1.54, 1.807) is 0 Å². The van der Waals surface area contributed by atoms with E-state index in [9.17, 15) is 0 Å². The van der Waals surface area contributed by atoms with Crippen molar-refractivity contribution < 1.29 is 8.83 Å². The summed E-state index contributed by atoms with van der Waals surface area (Å²) in [6.45, 7) is 35.8. The zero-order chi connectivity index (χ0) is 50.9.